The van der Waals surface area contributed by atoms with E-state index in [-0.39, 0.29) is 18.3 Å². The topological polar surface area (TPSA) is 0 Å². The fourth-order valence-corrected chi connectivity index (χ4v) is 4.49. The lowest BCUT2D eigenvalue weighted by Crippen LogP contribution is -1.97. The van der Waals surface area contributed by atoms with Crippen molar-refractivity contribution in [2.24, 2.45) is 0 Å². The summed E-state index contributed by atoms with van der Waals surface area (Å²) in [5.41, 5.74) is -3.19. The maximum absolute atomic E-state index is 13.2. The van der Waals surface area contributed by atoms with E-state index in [1.54, 1.807) is 18.2 Å². The van der Waals surface area contributed by atoms with E-state index in [1.807, 2.05) is 13.0 Å². The molecule has 18 heavy (non-hydrogen) atoms. The zero-order chi connectivity index (χ0) is 12.2. The van der Waals surface area contributed by atoms with Crippen LogP contribution in [-0.2, 0) is 5.51 Å². The second-order valence-corrected chi connectivity index (χ2v) is 6.55. The lowest BCUT2D eigenvalue weighted by Gasteiger charge is -1.98. The predicted molar refractivity (Wildman–Crippen MR) is 71.7 cm³/mol. The lowest BCUT2D eigenvalue weighted by atomic mass is 10.1. The largest absolute Gasteiger partial charge is 0.600 e. The maximum atomic E-state index is 13.2. The summed E-state index contributed by atoms with van der Waals surface area (Å²) in [5, 5.41) is 0.801. The Kier molecular flexibility index (Phi) is 3.36. The molecule has 1 aliphatic rings. The van der Waals surface area contributed by atoms with Gasteiger partial charge >= 0.3 is 5.51 Å². The molecule has 0 aliphatic heterocycles. The smallest absolute Gasteiger partial charge is 0.147 e. The van der Waals surface area contributed by atoms with Gasteiger partial charge in [-0.3, -0.25) is 0 Å². The second kappa shape index (κ2) is 4.42. The molecule has 1 fully saturated rings. The molecule has 98 valence electrons. The molecule has 5 heteroatoms. The average Bonchev–Trinajstić information content (AvgIpc) is 2.97. The van der Waals surface area contributed by atoms with Crippen molar-refractivity contribution in [2.45, 2.75) is 31.2 Å². The third-order valence-electron chi connectivity index (χ3n) is 3.24. The Bertz CT molecular complexity index is 582. The molecule has 0 spiro atoms. The molecule has 1 aromatic heterocycles. The van der Waals surface area contributed by atoms with Crippen molar-refractivity contribution in [1.29, 1.82) is 0 Å². The number of fused-ring (bicyclic) bond motifs is 1. The highest BCUT2D eigenvalue weighted by Crippen LogP contribution is 2.57. The van der Waals surface area contributed by atoms with Gasteiger partial charge in [0.05, 0.1) is 10.5 Å². The Labute approximate surface area is 112 Å². The number of thiophene rings is 1. The molecule has 1 saturated carbocycles. The quantitative estimate of drug-likeness (QED) is 0.594. The summed E-state index contributed by atoms with van der Waals surface area (Å²) in [4.78, 5) is 0.613. The van der Waals surface area contributed by atoms with Crippen LogP contribution in [0.4, 0.5) is 13.2 Å². The summed E-state index contributed by atoms with van der Waals surface area (Å²) >= 11 is 0. The van der Waals surface area contributed by atoms with E-state index in [0.29, 0.717) is 9.58 Å². The molecule has 1 aromatic carbocycles. The van der Waals surface area contributed by atoms with Crippen LogP contribution in [0.2, 0.25) is 0 Å². The van der Waals surface area contributed by atoms with Gasteiger partial charge in [0.25, 0.3) is 0 Å². The number of aryl methyl sites for hydroxylation is 1. The van der Waals surface area contributed by atoms with Gasteiger partial charge in [0, 0.05) is 17.4 Å². The summed E-state index contributed by atoms with van der Waals surface area (Å²) in [6.07, 6.45) is 1.83. The zero-order valence-electron chi connectivity index (χ0n) is 9.75. The fourth-order valence-electron chi connectivity index (χ4n) is 2.26. The van der Waals surface area contributed by atoms with E-state index in [2.05, 4.69) is 0 Å². The molecule has 1 heterocycles. The number of alkyl halides is 3. The van der Waals surface area contributed by atoms with Gasteiger partial charge in [0.15, 0.2) is 9.58 Å². The highest BCUT2D eigenvalue weighted by molar-refractivity contribution is 7.38. The Hall–Kier alpha value is -0.740. The van der Waals surface area contributed by atoms with Crippen molar-refractivity contribution in [1.82, 2.24) is 0 Å². The molecule has 0 amide bonds. The Morgan fingerprint density at radius 3 is 2.44 bits per heavy atom. The monoisotopic (exact) mass is 293 g/mol. The van der Waals surface area contributed by atoms with Crippen LogP contribution in [0.5, 0.6) is 0 Å². The van der Waals surface area contributed by atoms with E-state index >= 15 is 0 Å². The van der Waals surface area contributed by atoms with Crippen molar-refractivity contribution in [3.05, 3.63) is 34.7 Å². The zero-order valence-corrected chi connectivity index (χ0v) is 11.4. The van der Waals surface area contributed by atoms with Crippen LogP contribution in [0.3, 0.4) is 0 Å². The first-order valence-electron chi connectivity index (χ1n) is 5.61. The Morgan fingerprint density at radius 1 is 1.22 bits per heavy atom. The summed E-state index contributed by atoms with van der Waals surface area (Å²) in [7, 11) is -1.67. The minimum absolute atomic E-state index is 0. The predicted octanol–water partition coefficient (Wildman–Crippen LogP) is 5.67. The average molecular weight is 294 g/mol. The molecule has 1 atom stereocenters. The van der Waals surface area contributed by atoms with Gasteiger partial charge < -0.3 is 0 Å². The van der Waals surface area contributed by atoms with E-state index in [4.69, 9.17) is 0 Å². The molecule has 0 nitrogen and oxygen atoms in total. The van der Waals surface area contributed by atoms with Crippen molar-refractivity contribution < 1.29 is 13.2 Å². The van der Waals surface area contributed by atoms with Gasteiger partial charge in [-0.05, 0) is 31.4 Å². The normalized spacial score (nSPS) is 16.8. The van der Waals surface area contributed by atoms with Gasteiger partial charge in [0.2, 0.25) is 0 Å². The summed E-state index contributed by atoms with van der Waals surface area (Å²) in [5.74, 6) is 0.173. The van der Waals surface area contributed by atoms with Crippen LogP contribution < -0.4 is 0 Å². The number of hydrogen-bond donors (Lipinski definition) is 0. The van der Waals surface area contributed by atoms with Gasteiger partial charge in [0.1, 0.15) is 0 Å². The molecule has 0 N–H and O–H groups in total. The molecule has 0 bridgehead atoms. The van der Waals surface area contributed by atoms with Crippen molar-refractivity contribution in [3.8, 4) is 0 Å². The number of benzene rings is 1. The van der Waals surface area contributed by atoms with Crippen LogP contribution in [0.1, 0.15) is 29.2 Å². The molecule has 2 aromatic rings. The summed E-state index contributed by atoms with van der Waals surface area (Å²) in [6, 6.07) is 7.02. The molecule has 1 aliphatic carbocycles. The van der Waals surface area contributed by atoms with E-state index < -0.39 is 16.0 Å². The highest BCUT2D eigenvalue weighted by atomic mass is 35.5. The maximum Gasteiger partial charge on any atom is 0.600 e. The van der Waals surface area contributed by atoms with Crippen LogP contribution >= 0.6 is 22.9 Å². The minimum Gasteiger partial charge on any atom is -0.147 e. The number of halogens is 4. The molecule has 0 saturated heterocycles. The van der Waals surface area contributed by atoms with Crippen LogP contribution in [0, 0.1) is 6.92 Å². The number of rotatable bonds is 1. The van der Waals surface area contributed by atoms with Crippen LogP contribution in [0.25, 0.3) is 10.1 Å². The van der Waals surface area contributed by atoms with E-state index in [0.717, 1.165) is 23.8 Å². The minimum atomic E-state index is -4.13. The SMILES string of the molecule is Cc1cccc2c1cc(C1CC1)[s+]2C(F)(F)F.Cl. The molecule has 0 radical (unpaired) electrons. The molecular formula is C13H13ClF3S+. The standard InChI is InChI=1S/C13H12F3S.ClH/c1-8-3-2-4-11-10(8)7-12(9-5-6-9)17(11)13(14,15)16;/h2-4,7,9H,5-6H2,1H3;1H/q+1;. The molecule has 1 unspecified atom stereocenters. The first kappa shape index (κ1) is 13.7. The Balaban J connectivity index is 0.00000120. The third-order valence-corrected chi connectivity index (χ3v) is 5.42. The van der Waals surface area contributed by atoms with E-state index in [1.165, 1.54) is 0 Å². The lowest BCUT2D eigenvalue weighted by molar-refractivity contribution is -0.0867. The van der Waals surface area contributed by atoms with Gasteiger partial charge in [-0.25, -0.2) is 0 Å². The van der Waals surface area contributed by atoms with Gasteiger partial charge in [-0.2, -0.15) is 0 Å². The highest BCUT2D eigenvalue weighted by Gasteiger charge is 2.51. The van der Waals surface area contributed by atoms with Crippen LogP contribution in [0.15, 0.2) is 24.3 Å². The summed E-state index contributed by atoms with van der Waals surface area (Å²) in [6.45, 7) is 1.88. The third kappa shape index (κ3) is 2.12. The Morgan fingerprint density at radius 2 is 1.89 bits per heavy atom. The first-order valence-corrected chi connectivity index (χ1v) is 6.83. The van der Waals surface area contributed by atoms with Crippen molar-refractivity contribution in [2.75, 3.05) is 0 Å². The first-order chi connectivity index (χ1) is 7.98. The van der Waals surface area contributed by atoms with Crippen molar-refractivity contribution in [3.63, 3.8) is 0 Å². The van der Waals surface area contributed by atoms with Gasteiger partial charge in [-0.15, -0.1) is 25.6 Å². The van der Waals surface area contributed by atoms with Gasteiger partial charge in [-0.1, -0.05) is 12.1 Å². The van der Waals surface area contributed by atoms with Crippen LogP contribution in [-0.4, -0.2) is 0 Å². The second-order valence-electron chi connectivity index (χ2n) is 4.56. The summed E-state index contributed by atoms with van der Waals surface area (Å²) < 4.78 is 40.0. The van der Waals surface area contributed by atoms with Crippen molar-refractivity contribution >= 4 is 33.0 Å². The number of hydrogen-bond acceptors (Lipinski definition) is 0. The fraction of sp³-hybridized carbons (Fsp3) is 0.385. The molecular weight excluding hydrogens is 281 g/mol. The molecule has 3 rings (SSSR count). The van der Waals surface area contributed by atoms with E-state index in [9.17, 15) is 13.2 Å².